The van der Waals surface area contributed by atoms with Gasteiger partial charge in [0.1, 0.15) is 0 Å². The molecule has 10 heteroatoms. The first kappa shape index (κ1) is 22.5. The predicted octanol–water partition coefficient (Wildman–Crippen LogP) is 3.15. The number of imide groups is 1. The van der Waals surface area contributed by atoms with Crippen molar-refractivity contribution in [3.05, 3.63) is 59.2 Å². The Balaban J connectivity index is 1.51. The maximum Gasteiger partial charge on any atom is 0.387 e. The monoisotopic (exact) mass is 459 g/mol. The Hall–Kier alpha value is -3.69. The molecule has 1 aliphatic carbocycles. The Kier molecular flexibility index (Phi) is 6.43. The second-order valence-electron chi connectivity index (χ2n) is 7.87. The number of carbonyl (C=O) groups is 3. The van der Waals surface area contributed by atoms with Crippen LogP contribution in [0.5, 0.6) is 11.5 Å². The number of halogens is 2. The topological polar surface area (TPSA) is 88.2 Å². The lowest BCUT2D eigenvalue weighted by Crippen LogP contribution is -2.33. The molecule has 0 atom stereocenters. The van der Waals surface area contributed by atoms with E-state index in [1.807, 2.05) is 0 Å². The van der Waals surface area contributed by atoms with E-state index in [1.165, 1.54) is 13.2 Å². The van der Waals surface area contributed by atoms with Crippen LogP contribution in [0.1, 0.15) is 34.3 Å². The van der Waals surface area contributed by atoms with E-state index in [1.54, 1.807) is 41.3 Å². The van der Waals surface area contributed by atoms with Crippen LogP contribution in [0.15, 0.2) is 42.5 Å². The van der Waals surface area contributed by atoms with E-state index in [-0.39, 0.29) is 49.0 Å². The van der Waals surface area contributed by atoms with Crippen LogP contribution < -0.4 is 14.8 Å². The number of hydrogen-bond acceptors (Lipinski definition) is 5. The molecule has 0 unspecified atom stereocenters. The molecular weight excluding hydrogens is 436 g/mol. The number of hydrogen-bond donors (Lipinski definition) is 1. The second kappa shape index (κ2) is 9.43. The summed E-state index contributed by atoms with van der Waals surface area (Å²) in [5.74, 6) is -0.423. The fraction of sp³-hybridized carbons (Fsp3) is 0.348. The van der Waals surface area contributed by atoms with Gasteiger partial charge in [-0.05, 0) is 48.2 Å². The Morgan fingerprint density at radius 3 is 2.58 bits per heavy atom. The zero-order chi connectivity index (χ0) is 23.5. The number of benzene rings is 2. The molecule has 174 valence electrons. The summed E-state index contributed by atoms with van der Waals surface area (Å²) >= 11 is 0. The minimum absolute atomic E-state index is 0.0302. The van der Waals surface area contributed by atoms with Gasteiger partial charge in [-0.3, -0.25) is 14.5 Å². The molecule has 8 nitrogen and oxygen atoms in total. The number of carbonyl (C=O) groups excluding carboxylic acids is 3. The number of rotatable bonds is 9. The fourth-order valence-electron chi connectivity index (χ4n) is 3.72. The van der Waals surface area contributed by atoms with Crippen molar-refractivity contribution in [1.29, 1.82) is 0 Å². The third-order valence-corrected chi connectivity index (χ3v) is 5.50. The van der Waals surface area contributed by atoms with Crippen molar-refractivity contribution in [2.75, 3.05) is 13.7 Å². The van der Waals surface area contributed by atoms with Crippen LogP contribution >= 0.6 is 0 Å². The van der Waals surface area contributed by atoms with E-state index < -0.39 is 12.6 Å². The minimum atomic E-state index is -2.97. The lowest BCUT2D eigenvalue weighted by Gasteiger charge is -2.24. The van der Waals surface area contributed by atoms with Gasteiger partial charge >= 0.3 is 12.6 Å². The molecule has 2 aromatic rings. The van der Waals surface area contributed by atoms with Crippen molar-refractivity contribution in [3.8, 4) is 11.5 Å². The van der Waals surface area contributed by atoms with Crippen LogP contribution in [-0.2, 0) is 17.9 Å². The Morgan fingerprint density at radius 1 is 1.15 bits per heavy atom. The first-order valence-corrected chi connectivity index (χ1v) is 10.5. The molecule has 4 rings (SSSR count). The highest BCUT2D eigenvalue weighted by Crippen LogP contribution is 2.33. The lowest BCUT2D eigenvalue weighted by atomic mass is 10.1. The highest BCUT2D eigenvalue weighted by Gasteiger charge is 2.34. The molecule has 1 aliphatic heterocycles. The Labute approximate surface area is 189 Å². The van der Waals surface area contributed by atoms with Gasteiger partial charge in [-0.1, -0.05) is 18.2 Å². The molecule has 33 heavy (non-hydrogen) atoms. The minimum Gasteiger partial charge on any atom is -0.493 e. The Bertz CT molecular complexity index is 1060. The van der Waals surface area contributed by atoms with Crippen LogP contribution in [0, 0.1) is 0 Å². The molecule has 4 amide bonds. The molecule has 2 aliphatic rings. The number of urea groups is 1. The van der Waals surface area contributed by atoms with E-state index in [0.29, 0.717) is 16.7 Å². The number of nitrogens with one attached hydrogen (secondary N) is 1. The molecule has 2 aromatic carbocycles. The van der Waals surface area contributed by atoms with Gasteiger partial charge < -0.3 is 19.7 Å². The number of nitrogens with zero attached hydrogens (tertiary/aromatic N) is 2. The fourth-order valence-corrected chi connectivity index (χ4v) is 3.72. The van der Waals surface area contributed by atoms with Gasteiger partial charge in [-0.2, -0.15) is 8.78 Å². The summed E-state index contributed by atoms with van der Waals surface area (Å²) < 4.78 is 34.8. The van der Waals surface area contributed by atoms with Crippen LogP contribution in [0.3, 0.4) is 0 Å². The third kappa shape index (κ3) is 5.21. The molecule has 0 spiro atoms. The average molecular weight is 459 g/mol. The van der Waals surface area contributed by atoms with E-state index >= 15 is 0 Å². The number of alkyl halides is 2. The second-order valence-corrected chi connectivity index (χ2v) is 7.87. The molecule has 1 heterocycles. The van der Waals surface area contributed by atoms with E-state index in [9.17, 15) is 23.2 Å². The summed E-state index contributed by atoms with van der Waals surface area (Å²) in [7, 11) is 1.36. The molecule has 1 saturated heterocycles. The van der Waals surface area contributed by atoms with Crippen molar-refractivity contribution in [1.82, 2.24) is 15.1 Å². The standard InChI is InChI=1S/C23H23F2N3O5/c1-32-19-10-15(5-8-18(19)33-22(24)25)12-27(17-6-7-17)21(30)16-4-2-3-14(9-16)13-28-20(29)11-26-23(28)31/h2-5,8-10,17,22H,6-7,11-13H2,1H3,(H,26,31). The molecule has 2 fully saturated rings. The van der Waals surface area contributed by atoms with Crippen molar-refractivity contribution in [3.63, 3.8) is 0 Å². The first-order valence-electron chi connectivity index (χ1n) is 10.5. The van der Waals surface area contributed by atoms with Gasteiger partial charge in [0.25, 0.3) is 5.91 Å². The van der Waals surface area contributed by atoms with E-state index in [4.69, 9.17) is 4.74 Å². The SMILES string of the molecule is COc1cc(CN(C(=O)c2cccc(CN3C(=O)CNC3=O)c2)C2CC2)ccc1OC(F)F. The zero-order valence-corrected chi connectivity index (χ0v) is 17.9. The quantitative estimate of drug-likeness (QED) is 0.582. The van der Waals surface area contributed by atoms with Crippen LogP contribution in [-0.4, -0.2) is 54.0 Å². The third-order valence-electron chi connectivity index (χ3n) is 5.50. The highest BCUT2D eigenvalue weighted by molar-refractivity contribution is 6.02. The summed E-state index contributed by atoms with van der Waals surface area (Å²) in [6, 6.07) is 11.1. The average Bonchev–Trinajstić information content (AvgIpc) is 3.60. The van der Waals surface area contributed by atoms with Crippen LogP contribution in [0.2, 0.25) is 0 Å². The lowest BCUT2D eigenvalue weighted by molar-refractivity contribution is -0.125. The first-order chi connectivity index (χ1) is 15.9. The van der Waals surface area contributed by atoms with Gasteiger partial charge in [-0.25, -0.2) is 4.79 Å². The van der Waals surface area contributed by atoms with Gasteiger partial charge in [-0.15, -0.1) is 0 Å². The molecule has 0 bridgehead atoms. The smallest absolute Gasteiger partial charge is 0.387 e. The summed E-state index contributed by atoms with van der Waals surface area (Å²) in [6.07, 6.45) is 1.75. The van der Waals surface area contributed by atoms with Crippen molar-refractivity contribution >= 4 is 17.8 Å². The number of amides is 4. The Morgan fingerprint density at radius 2 is 1.94 bits per heavy atom. The number of ether oxygens (including phenoxy) is 2. The van der Waals surface area contributed by atoms with E-state index in [2.05, 4.69) is 10.1 Å². The van der Waals surface area contributed by atoms with Crippen molar-refractivity contribution < 1.29 is 32.6 Å². The van der Waals surface area contributed by atoms with Gasteiger partial charge in [0.2, 0.25) is 5.91 Å². The molecule has 0 radical (unpaired) electrons. The predicted molar refractivity (Wildman–Crippen MR) is 113 cm³/mol. The summed E-state index contributed by atoms with van der Waals surface area (Å²) in [4.78, 5) is 39.8. The summed E-state index contributed by atoms with van der Waals surface area (Å²) in [6.45, 7) is -2.65. The normalized spacial score (nSPS) is 15.6. The largest absolute Gasteiger partial charge is 0.493 e. The van der Waals surface area contributed by atoms with Crippen molar-refractivity contribution in [2.45, 2.75) is 38.6 Å². The molecule has 0 aromatic heterocycles. The van der Waals surface area contributed by atoms with Gasteiger partial charge in [0.05, 0.1) is 20.2 Å². The van der Waals surface area contributed by atoms with Gasteiger partial charge in [0, 0.05) is 18.2 Å². The molecule has 1 N–H and O–H groups in total. The van der Waals surface area contributed by atoms with Crippen LogP contribution in [0.25, 0.3) is 0 Å². The van der Waals surface area contributed by atoms with E-state index in [0.717, 1.165) is 17.7 Å². The maximum absolute atomic E-state index is 13.3. The number of methoxy groups -OCH3 is 1. The highest BCUT2D eigenvalue weighted by atomic mass is 19.3. The maximum atomic E-state index is 13.3. The molecular formula is C23H23F2N3O5. The zero-order valence-electron chi connectivity index (χ0n) is 17.9. The van der Waals surface area contributed by atoms with Crippen LogP contribution in [0.4, 0.5) is 13.6 Å². The van der Waals surface area contributed by atoms with Gasteiger partial charge in [0.15, 0.2) is 11.5 Å². The summed E-state index contributed by atoms with van der Waals surface area (Å²) in [5, 5.41) is 2.47. The molecule has 1 saturated carbocycles. The van der Waals surface area contributed by atoms with Crippen molar-refractivity contribution in [2.24, 2.45) is 0 Å². The summed E-state index contributed by atoms with van der Waals surface area (Å²) in [5.41, 5.74) is 1.82.